The van der Waals surface area contributed by atoms with Crippen molar-refractivity contribution in [3.63, 3.8) is 0 Å². The lowest BCUT2D eigenvalue weighted by atomic mass is 9.91. The van der Waals surface area contributed by atoms with Crippen LogP contribution in [0.4, 0.5) is 0 Å². The van der Waals surface area contributed by atoms with Gasteiger partial charge in [0, 0.05) is 5.92 Å². The minimum Gasteiger partial charge on any atom is -0.497 e. The number of rotatable bonds is 9. The van der Waals surface area contributed by atoms with Crippen LogP contribution >= 0.6 is 0 Å². The molecule has 0 saturated heterocycles. The summed E-state index contributed by atoms with van der Waals surface area (Å²) < 4.78 is 16.6. The predicted octanol–water partition coefficient (Wildman–Crippen LogP) is 3.78. The van der Waals surface area contributed by atoms with Crippen LogP contribution in [0.2, 0.25) is 0 Å². The van der Waals surface area contributed by atoms with Gasteiger partial charge in [-0.25, -0.2) is 0 Å². The van der Waals surface area contributed by atoms with E-state index in [1.165, 1.54) is 5.56 Å². The second kappa shape index (κ2) is 9.18. The fourth-order valence-corrected chi connectivity index (χ4v) is 2.72. The Labute approximate surface area is 144 Å². The Morgan fingerprint density at radius 1 is 1.00 bits per heavy atom. The second-order valence-corrected chi connectivity index (χ2v) is 5.74. The normalized spacial score (nSPS) is 11.8. The Balaban J connectivity index is 2.23. The SMILES string of the molecule is CCCOc1cccc(C(CN)Cc2cc(OC)ccc2OC)c1. The van der Waals surface area contributed by atoms with Gasteiger partial charge in [0.2, 0.25) is 0 Å². The minimum atomic E-state index is 0.191. The lowest BCUT2D eigenvalue weighted by Crippen LogP contribution is -2.15. The molecule has 0 aromatic heterocycles. The van der Waals surface area contributed by atoms with Crippen molar-refractivity contribution in [3.05, 3.63) is 53.6 Å². The summed E-state index contributed by atoms with van der Waals surface area (Å²) in [5.41, 5.74) is 8.32. The molecule has 0 radical (unpaired) electrons. The summed E-state index contributed by atoms with van der Waals surface area (Å²) in [6.07, 6.45) is 1.78. The molecule has 0 spiro atoms. The molecular weight excluding hydrogens is 302 g/mol. The molecule has 2 N–H and O–H groups in total. The fourth-order valence-electron chi connectivity index (χ4n) is 2.72. The lowest BCUT2D eigenvalue weighted by molar-refractivity contribution is 0.317. The van der Waals surface area contributed by atoms with Gasteiger partial charge in [0.1, 0.15) is 17.2 Å². The first-order valence-corrected chi connectivity index (χ1v) is 8.35. The highest BCUT2D eigenvalue weighted by Gasteiger charge is 2.15. The monoisotopic (exact) mass is 329 g/mol. The number of ether oxygens (including phenoxy) is 3. The molecule has 2 aromatic carbocycles. The second-order valence-electron chi connectivity index (χ2n) is 5.74. The Kier molecular flexibility index (Phi) is 6.94. The van der Waals surface area contributed by atoms with Crippen LogP contribution in [-0.2, 0) is 6.42 Å². The maximum Gasteiger partial charge on any atom is 0.122 e. The molecule has 4 heteroatoms. The summed E-state index contributed by atoms with van der Waals surface area (Å²) >= 11 is 0. The molecule has 1 atom stereocenters. The molecule has 24 heavy (non-hydrogen) atoms. The number of nitrogens with two attached hydrogens (primary N) is 1. The predicted molar refractivity (Wildman–Crippen MR) is 97.3 cm³/mol. The van der Waals surface area contributed by atoms with Crippen LogP contribution in [0.5, 0.6) is 17.2 Å². The van der Waals surface area contributed by atoms with Crippen molar-refractivity contribution in [1.29, 1.82) is 0 Å². The molecule has 0 aliphatic rings. The van der Waals surface area contributed by atoms with E-state index in [4.69, 9.17) is 19.9 Å². The van der Waals surface area contributed by atoms with Crippen molar-refractivity contribution in [3.8, 4) is 17.2 Å². The molecule has 4 nitrogen and oxygen atoms in total. The fraction of sp³-hybridized carbons (Fsp3) is 0.400. The molecule has 0 aliphatic carbocycles. The first kappa shape index (κ1) is 18.1. The highest BCUT2D eigenvalue weighted by Crippen LogP contribution is 2.30. The molecule has 0 bridgehead atoms. The Bertz CT molecular complexity index is 643. The van der Waals surface area contributed by atoms with E-state index in [1.807, 2.05) is 30.3 Å². The average molecular weight is 329 g/mol. The van der Waals surface area contributed by atoms with Crippen molar-refractivity contribution < 1.29 is 14.2 Å². The van der Waals surface area contributed by atoms with Gasteiger partial charge in [0.05, 0.1) is 20.8 Å². The van der Waals surface area contributed by atoms with Crippen molar-refractivity contribution >= 4 is 0 Å². The van der Waals surface area contributed by atoms with E-state index in [1.54, 1.807) is 14.2 Å². The third-order valence-corrected chi connectivity index (χ3v) is 4.04. The maximum atomic E-state index is 6.05. The Morgan fingerprint density at radius 3 is 2.50 bits per heavy atom. The highest BCUT2D eigenvalue weighted by molar-refractivity contribution is 5.42. The summed E-state index contributed by atoms with van der Waals surface area (Å²) in [6, 6.07) is 14.0. The smallest absolute Gasteiger partial charge is 0.122 e. The zero-order valence-electron chi connectivity index (χ0n) is 14.7. The summed E-state index contributed by atoms with van der Waals surface area (Å²) in [6.45, 7) is 3.37. The van der Waals surface area contributed by atoms with E-state index in [9.17, 15) is 0 Å². The van der Waals surface area contributed by atoms with Gasteiger partial charge in [-0.2, -0.15) is 0 Å². The average Bonchev–Trinajstić information content (AvgIpc) is 2.64. The van der Waals surface area contributed by atoms with Crippen LogP contribution in [0.1, 0.15) is 30.4 Å². The molecule has 1 unspecified atom stereocenters. The Morgan fingerprint density at radius 2 is 1.83 bits per heavy atom. The molecule has 0 amide bonds. The largest absolute Gasteiger partial charge is 0.497 e. The van der Waals surface area contributed by atoms with Crippen LogP contribution in [0.15, 0.2) is 42.5 Å². The van der Waals surface area contributed by atoms with Gasteiger partial charge in [-0.05, 0) is 60.8 Å². The van der Waals surface area contributed by atoms with Crippen LogP contribution in [0.3, 0.4) is 0 Å². The molecule has 0 saturated carbocycles. The van der Waals surface area contributed by atoms with Crippen LogP contribution in [-0.4, -0.2) is 27.4 Å². The van der Waals surface area contributed by atoms with E-state index in [-0.39, 0.29) is 5.92 Å². The van der Waals surface area contributed by atoms with Gasteiger partial charge in [0.15, 0.2) is 0 Å². The zero-order chi connectivity index (χ0) is 17.4. The van der Waals surface area contributed by atoms with E-state index in [0.29, 0.717) is 6.54 Å². The number of hydrogen-bond acceptors (Lipinski definition) is 4. The van der Waals surface area contributed by atoms with Gasteiger partial charge in [-0.3, -0.25) is 0 Å². The molecule has 2 rings (SSSR count). The molecule has 0 fully saturated rings. The number of methoxy groups -OCH3 is 2. The Hall–Kier alpha value is -2.20. The maximum absolute atomic E-state index is 6.05. The zero-order valence-corrected chi connectivity index (χ0v) is 14.7. The van der Waals surface area contributed by atoms with Crippen LogP contribution < -0.4 is 19.9 Å². The van der Waals surface area contributed by atoms with Crippen molar-refractivity contribution in [2.45, 2.75) is 25.7 Å². The van der Waals surface area contributed by atoms with Crippen LogP contribution in [0, 0.1) is 0 Å². The first-order valence-electron chi connectivity index (χ1n) is 8.35. The molecule has 2 aromatic rings. The third-order valence-electron chi connectivity index (χ3n) is 4.04. The van der Waals surface area contributed by atoms with E-state index in [2.05, 4.69) is 19.1 Å². The summed E-state index contributed by atoms with van der Waals surface area (Å²) in [4.78, 5) is 0. The molecule has 0 aliphatic heterocycles. The van der Waals surface area contributed by atoms with Gasteiger partial charge in [-0.15, -0.1) is 0 Å². The third kappa shape index (κ3) is 4.65. The van der Waals surface area contributed by atoms with Crippen molar-refractivity contribution in [2.75, 3.05) is 27.4 Å². The summed E-state index contributed by atoms with van der Waals surface area (Å²) in [5.74, 6) is 2.76. The van der Waals surface area contributed by atoms with Gasteiger partial charge >= 0.3 is 0 Å². The molecule has 0 heterocycles. The van der Waals surface area contributed by atoms with Crippen molar-refractivity contribution in [1.82, 2.24) is 0 Å². The van der Waals surface area contributed by atoms with Gasteiger partial charge in [-0.1, -0.05) is 19.1 Å². The minimum absolute atomic E-state index is 0.191. The van der Waals surface area contributed by atoms with E-state index < -0.39 is 0 Å². The van der Waals surface area contributed by atoms with Crippen molar-refractivity contribution in [2.24, 2.45) is 5.73 Å². The number of benzene rings is 2. The molecular formula is C20H27NO3. The standard InChI is InChI=1S/C20H27NO3/c1-4-10-24-19-7-5-6-15(12-19)17(14-21)11-16-13-18(22-2)8-9-20(16)23-3/h5-9,12-13,17H,4,10-11,14,21H2,1-3H3. The lowest BCUT2D eigenvalue weighted by Gasteiger charge is -2.19. The first-order chi connectivity index (χ1) is 11.7. The topological polar surface area (TPSA) is 53.7 Å². The summed E-state index contributed by atoms with van der Waals surface area (Å²) in [7, 11) is 3.35. The number of hydrogen-bond donors (Lipinski definition) is 1. The quantitative estimate of drug-likeness (QED) is 0.761. The highest BCUT2D eigenvalue weighted by atomic mass is 16.5. The van der Waals surface area contributed by atoms with Gasteiger partial charge < -0.3 is 19.9 Å². The summed E-state index contributed by atoms with van der Waals surface area (Å²) in [5, 5.41) is 0. The van der Waals surface area contributed by atoms with Gasteiger partial charge in [0.25, 0.3) is 0 Å². The molecule has 130 valence electrons. The van der Waals surface area contributed by atoms with Crippen LogP contribution in [0.25, 0.3) is 0 Å². The van der Waals surface area contributed by atoms with E-state index >= 15 is 0 Å². The van der Waals surface area contributed by atoms with E-state index in [0.717, 1.165) is 42.3 Å².